The lowest BCUT2D eigenvalue weighted by Crippen LogP contribution is -2.41. The van der Waals surface area contributed by atoms with Gasteiger partial charge in [-0.3, -0.25) is 4.90 Å². The number of aromatic amines is 1. The van der Waals surface area contributed by atoms with Gasteiger partial charge >= 0.3 is 0 Å². The van der Waals surface area contributed by atoms with Gasteiger partial charge in [0, 0.05) is 36.1 Å². The zero-order valence-corrected chi connectivity index (χ0v) is 19.8. The summed E-state index contributed by atoms with van der Waals surface area (Å²) in [7, 11) is 2.18. The fourth-order valence-corrected chi connectivity index (χ4v) is 5.20. The third-order valence-electron chi connectivity index (χ3n) is 7.18. The summed E-state index contributed by atoms with van der Waals surface area (Å²) in [5, 5.41) is 5.59. The van der Waals surface area contributed by atoms with Crippen molar-refractivity contribution in [2.75, 3.05) is 20.1 Å². The number of para-hydroxylation sites is 1. The lowest BCUT2D eigenvalue weighted by atomic mass is 10.0. The van der Waals surface area contributed by atoms with Gasteiger partial charge in [-0.05, 0) is 58.1 Å². The molecule has 182 valence electrons. The SMILES string of the molecule is CC(On1nc(-c2nc3c([nH]2)CN(C2CCN(C)CC2)C3)c2ccccc21)c1cc(F)cc(F)c1. The average molecular weight is 479 g/mol. The van der Waals surface area contributed by atoms with Crippen molar-refractivity contribution < 1.29 is 13.6 Å². The Morgan fingerprint density at radius 2 is 1.80 bits per heavy atom. The number of piperidine rings is 1. The predicted molar refractivity (Wildman–Crippen MR) is 128 cm³/mol. The number of halogens is 2. The first-order valence-corrected chi connectivity index (χ1v) is 12.1. The first kappa shape index (κ1) is 22.2. The molecule has 35 heavy (non-hydrogen) atoms. The number of H-pyrrole nitrogens is 1. The fourth-order valence-electron chi connectivity index (χ4n) is 5.20. The van der Waals surface area contributed by atoms with Gasteiger partial charge in [-0.25, -0.2) is 13.8 Å². The van der Waals surface area contributed by atoms with Crippen molar-refractivity contribution in [3.8, 4) is 11.5 Å². The summed E-state index contributed by atoms with van der Waals surface area (Å²) in [5.41, 5.74) is 4.06. The normalized spacial score (nSPS) is 18.3. The van der Waals surface area contributed by atoms with Gasteiger partial charge in [0.2, 0.25) is 0 Å². The number of likely N-dealkylation sites (tertiary alicyclic amines) is 1. The van der Waals surface area contributed by atoms with Crippen LogP contribution in [0.5, 0.6) is 0 Å². The Labute approximate surface area is 202 Å². The van der Waals surface area contributed by atoms with Crippen molar-refractivity contribution in [1.82, 2.24) is 29.7 Å². The van der Waals surface area contributed by atoms with Crippen LogP contribution in [0.1, 0.15) is 42.8 Å². The van der Waals surface area contributed by atoms with E-state index in [4.69, 9.17) is 14.9 Å². The molecule has 0 spiro atoms. The third-order valence-corrected chi connectivity index (χ3v) is 7.18. The zero-order valence-electron chi connectivity index (χ0n) is 19.8. The lowest BCUT2D eigenvalue weighted by molar-refractivity contribution is 0.0328. The molecule has 2 aromatic heterocycles. The summed E-state index contributed by atoms with van der Waals surface area (Å²) in [4.78, 5) is 20.8. The van der Waals surface area contributed by atoms with E-state index >= 15 is 0 Å². The van der Waals surface area contributed by atoms with E-state index in [0.717, 1.165) is 54.5 Å². The second-order valence-corrected chi connectivity index (χ2v) is 9.64. The number of imidazole rings is 1. The molecule has 0 amide bonds. The second kappa shape index (κ2) is 8.73. The molecular weight excluding hydrogens is 450 g/mol. The topological polar surface area (TPSA) is 62.2 Å². The van der Waals surface area contributed by atoms with Gasteiger partial charge in [0.05, 0.1) is 11.4 Å². The van der Waals surface area contributed by atoms with E-state index in [1.54, 1.807) is 6.92 Å². The Balaban J connectivity index is 1.26. The van der Waals surface area contributed by atoms with E-state index in [0.29, 0.717) is 23.1 Å². The predicted octanol–water partition coefficient (Wildman–Crippen LogP) is 4.30. The smallest absolute Gasteiger partial charge is 0.159 e. The van der Waals surface area contributed by atoms with Crippen molar-refractivity contribution >= 4 is 10.9 Å². The number of aromatic nitrogens is 4. The van der Waals surface area contributed by atoms with Gasteiger partial charge < -0.3 is 14.7 Å². The number of fused-ring (bicyclic) bond motifs is 2. The number of nitrogens with zero attached hydrogens (tertiary/aromatic N) is 5. The van der Waals surface area contributed by atoms with Gasteiger partial charge in [-0.1, -0.05) is 23.0 Å². The Morgan fingerprint density at radius 1 is 1.06 bits per heavy atom. The molecule has 6 rings (SSSR count). The summed E-state index contributed by atoms with van der Waals surface area (Å²) >= 11 is 0. The minimum atomic E-state index is -0.638. The number of rotatable bonds is 5. The fraction of sp³-hybridized carbons (Fsp3) is 0.385. The molecule has 2 aliphatic heterocycles. The van der Waals surface area contributed by atoms with Crippen LogP contribution >= 0.6 is 0 Å². The van der Waals surface area contributed by atoms with Crippen LogP contribution in [0, 0.1) is 11.6 Å². The van der Waals surface area contributed by atoms with E-state index < -0.39 is 17.7 Å². The van der Waals surface area contributed by atoms with Crippen LogP contribution < -0.4 is 4.84 Å². The molecule has 1 fully saturated rings. The molecule has 2 aliphatic rings. The van der Waals surface area contributed by atoms with Crippen molar-refractivity contribution in [1.29, 1.82) is 0 Å². The highest BCUT2D eigenvalue weighted by molar-refractivity contribution is 5.91. The van der Waals surface area contributed by atoms with Crippen molar-refractivity contribution in [2.45, 2.75) is 45.0 Å². The maximum absolute atomic E-state index is 13.7. The number of hydrogen-bond donors (Lipinski definition) is 1. The Hall–Kier alpha value is -3.30. The molecule has 1 atom stereocenters. The Morgan fingerprint density at radius 3 is 2.54 bits per heavy atom. The summed E-state index contributed by atoms with van der Waals surface area (Å²) in [6.07, 6.45) is 1.77. The molecule has 7 nitrogen and oxygen atoms in total. The van der Waals surface area contributed by atoms with Crippen LogP contribution in [0.2, 0.25) is 0 Å². The van der Waals surface area contributed by atoms with Crippen molar-refractivity contribution in [3.05, 3.63) is 71.1 Å². The molecule has 0 saturated carbocycles. The second-order valence-electron chi connectivity index (χ2n) is 9.64. The van der Waals surface area contributed by atoms with Crippen LogP contribution in [0.25, 0.3) is 22.4 Å². The largest absolute Gasteiger partial charge is 0.388 e. The minimum Gasteiger partial charge on any atom is -0.388 e. The highest BCUT2D eigenvalue weighted by Gasteiger charge is 2.31. The summed E-state index contributed by atoms with van der Waals surface area (Å²) in [5.74, 6) is -0.567. The molecule has 2 aromatic carbocycles. The van der Waals surface area contributed by atoms with Gasteiger partial charge in [0.1, 0.15) is 28.9 Å². The minimum absolute atomic E-state index is 0.398. The lowest BCUT2D eigenvalue weighted by Gasteiger charge is -2.34. The maximum atomic E-state index is 13.7. The molecule has 1 N–H and O–H groups in total. The van der Waals surface area contributed by atoms with E-state index in [1.165, 1.54) is 29.8 Å². The van der Waals surface area contributed by atoms with Crippen LogP contribution in [0.3, 0.4) is 0 Å². The van der Waals surface area contributed by atoms with Crippen molar-refractivity contribution in [3.63, 3.8) is 0 Å². The van der Waals surface area contributed by atoms with Gasteiger partial charge in [0.15, 0.2) is 5.82 Å². The van der Waals surface area contributed by atoms with Gasteiger partial charge in [-0.15, -0.1) is 5.10 Å². The standard InChI is InChI=1S/C26H28F2N6O/c1-16(17-11-18(27)13-19(28)12-17)35-34-24-6-4-3-5-21(24)25(31-34)26-29-22-14-33(15-23(22)30-26)20-7-9-32(2)10-8-20/h3-6,11-13,16,20H,7-10,14-15H2,1-2H3,(H,29,30). The summed E-state index contributed by atoms with van der Waals surface area (Å²) in [6.45, 7) is 5.73. The average Bonchev–Trinajstić information content (AvgIpc) is 3.51. The Kier molecular flexibility index (Phi) is 5.53. The van der Waals surface area contributed by atoms with E-state index in [2.05, 4.69) is 21.8 Å². The van der Waals surface area contributed by atoms with E-state index in [9.17, 15) is 8.78 Å². The van der Waals surface area contributed by atoms with Crippen LogP contribution in [-0.4, -0.2) is 55.9 Å². The molecule has 4 heterocycles. The highest BCUT2D eigenvalue weighted by Crippen LogP contribution is 2.32. The van der Waals surface area contributed by atoms with Crippen LogP contribution in [0.4, 0.5) is 8.78 Å². The van der Waals surface area contributed by atoms with Crippen LogP contribution in [-0.2, 0) is 13.1 Å². The van der Waals surface area contributed by atoms with E-state index in [-0.39, 0.29) is 0 Å². The quantitative estimate of drug-likeness (QED) is 0.463. The third kappa shape index (κ3) is 4.19. The van der Waals surface area contributed by atoms with Crippen LogP contribution in [0.15, 0.2) is 42.5 Å². The maximum Gasteiger partial charge on any atom is 0.159 e. The molecule has 1 saturated heterocycles. The first-order valence-electron chi connectivity index (χ1n) is 12.1. The number of nitrogens with one attached hydrogen (secondary N) is 1. The highest BCUT2D eigenvalue weighted by atomic mass is 19.1. The van der Waals surface area contributed by atoms with Gasteiger partial charge in [0.25, 0.3) is 0 Å². The molecule has 0 aliphatic carbocycles. The molecule has 9 heteroatoms. The molecule has 0 bridgehead atoms. The molecular formula is C26H28F2N6O. The molecule has 0 radical (unpaired) electrons. The molecule has 4 aromatic rings. The van der Waals surface area contributed by atoms with Crippen molar-refractivity contribution in [2.24, 2.45) is 0 Å². The number of benzene rings is 2. The van der Waals surface area contributed by atoms with Gasteiger partial charge in [-0.2, -0.15) is 0 Å². The van der Waals surface area contributed by atoms with E-state index in [1.807, 2.05) is 24.3 Å². The monoisotopic (exact) mass is 478 g/mol. The summed E-state index contributed by atoms with van der Waals surface area (Å²) < 4.78 is 27.4. The molecule has 1 unspecified atom stereocenters. The summed E-state index contributed by atoms with van der Waals surface area (Å²) in [6, 6.07) is 11.7. The first-order chi connectivity index (χ1) is 16.9. The Bertz CT molecular complexity index is 1330. The zero-order chi connectivity index (χ0) is 24.1. The number of hydrogen-bond acceptors (Lipinski definition) is 5.